The van der Waals surface area contributed by atoms with Gasteiger partial charge in [0.25, 0.3) is 11.8 Å². The van der Waals surface area contributed by atoms with Gasteiger partial charge < -0.3 is 5.32 Å². The van der Waals surface area contributed by atoms with E-state index in [9.17, 15) is 9.59 Å². The second-order valence-electron chi connectivity index (χ2n) is 7.92. The monoisotopic (exact) mass is 462 g/mol. The van der Waals surface area contributed by atoms with Crippen molar-refractivity contribution in [2.45, 2.75) is 32.6 Å². The Kier molecular flexibility index (Phi) is 6.13. The quantitative estimate of drug-likeness (QED) is 0.436. The molecule has 162 valence electrons. The largest absolute Gasteiger partial charge is 0.350 e. The average Bonchev–Trinajstić information content (AvgIpc) is 2.97. The molecule has 0 aliphatic carbocycles. The van der Waals surface area contributed by atoms with Crippen LogP contribution in [0.5, 0.6) is 0 Å². The topological polar surface area (TPSA) is 49.4 Å². The van der Waals surface area contributed by atoms with Crippen LogP contribution < -0.4 is 10.2 Å². The SMILES string of the molecule is Cc1ccc(SC2=C(Nc3ccc(C)c(C)c3)C(=O)N(c3ccc(Cl)cc3C)C2=O)cc1. The van der Waals surface area contributed by atoms with Gasteiger partial charge >= 0.3 is 0 Å². The first-order valence-corrected chi connectivity index (χ1v) is 11.4. The molecule has 0 fully saturated rings. The standard InChI is InChI=1S/C26H23ClN2O2S/c1-15-5-10-21(11-6-15)32-24-23(28-20-9-7-16(2)17(3)14-20)25(30)29(26(24)31)22-12-8-19(27)13-18(22)4/h5-14,28H,1-4H3. The first-order chi connectivity index (χ1) is 15.2. The molecule has 2 amide bonds. The third-order valence-corrected chi connectivity index (χ3v) is 6.78. The van der Waals surface area contributed by atoms with Crippen LogP contribution in [0.3, 0.4) is 0 Å². The molecule has 0 saturated carbocycles. The maximum atomic E-state index is 13.5. The normalized spacial score (nSPS) is 13.8. The van der Waals surface area contributed by atoms with Crippen molar-refractivity contribution >= 4 is 46.6 Å². The highest BCUT2D eigenvalue weighted by molar-refractivity contribution is 8.04. The molecule has 6 heteroatoms. The van der Waals surface area contributed by atoms with Crippen LogP contribution in [-0.2, 0) is 9.59 Å². The van der Waals surface area contributed by atoms with Crippen LogP contribution in [0.1, 0.15) is 22.3 Å². The number of hydrogen-bond donors (Lipinski definition) is 1. The molecule has 32 heavy (non-hydrogen) atoms. The van der Waals surface area contributed by atoms with E-state index in [4.69, 9.17) is 11.6 Å². The minimum absolute atomic E-state index is 0.276. The van der Waals surface area contributed by atoms with Crippen molar-refractivity contribution in [1.29, 1.82) is 0 Å². The highest BCUT2D eigenvalue weighted by atomic mass is 35.5. The van der Waals surface area contributed by atoms with Gasteiger partial charge in [-0.25, -0.2) is 4.90 Å². The highest BCUT2D eigenvalue weighted by Gasteiger charge is 2.40. The number of thioether (sulfide) groups is 1. The van der Waals surface area contributed by atoms with Crippen LogP contribution in [0.4, 0.5) is 11.4 Å². The first-order valence-electron chi connectivity index (χ1n) is 10.2. The summed E-state index contributed by atoms with van der Waals surface area (Å²) in [5.41, 5.74) is 5.72. The Hall–Kier alpha value is -3.02. The van der Waals surface area contributed by atoms with Gasteiger partial charge in [-0.1, -0.05) is 47.1 Å². The summed E-state index contributed by atoms with van der Waals surface area (Å²) in [6, 6.07) is 18.9. The fourth-order valence-electron chi connectivity index (χ4n) is 3.49. The highest BCUT2D eigenvalue weighted by Crippen LogP contribution is 2.39. The van der Waals surface area contributed by atoms with Crippen LogP contribution >= 0.6 is 23.4 Å². The summed E-state index contributed by atoms with van der Waals surface area (Å²) in [6.07, 6.45) is 0. The lowest BCUT2D eigenvalue weighted by atomic mass is 10.1. The van der Waals surface area contributed by atoms with E-state index >= 15 is 0 Å². The number of carbonyl (C=O) groups is 2. The second-order valence-corrected chi connectivity index (χ2v) is 9.44. The molecule has 1 heterocycles. The van der Waals surface area contributed by atoms with Gasteiger partial charge in [-0.3, -0.25) is 9.59 Å². The molecular formula is C26H23ClN2O2S. The number of carbonyl (C=O) groups excluding carboxylic acids is 2. The second kappa shape index (κ2) is 8.85. The van der Waals surface area contributed by atoms with Crippen molar-refractivity contribution in [1.82, 2.24) is 0 Å². The summed E-state index contributed by atoms with van der Waals surface area (Å²) in [5.74, 6) is -0.731. The molecule has 0 atom stereocenters. The molecule has 0 radical (unpaired) electrons. The molecular weight excluding hydrogens is 440 g/mol. The Balaban J connectivity index is 1.77. The maximum absolute atomic E-state index is 13.5. The van der Waals surface area contributed by atoms with Crippen molar-refractivity contribution in [3.8, 4) is 0 Å². The van der Waals surface area contributed by atoms with Crippen molar-refractivity contribution in [2.75, 3.05) is 10.2 Å². The van der Waals surface area contributed by atoms with Gasteiger partial charge in [-0.2, -0.15) is 0 Å². The van der Waals surface area contributed by atoms with Gasteiger partial charge in [0.1, 0.15) is 10.6 Å². The zero-order chi connectivity index (χ0) is 23.0. The number of nitrogens with zero attached hydrogens (tertiary/aromatic N) is 1. The van der Waals surface area contributed by atoms with E-state index in [1.165, 1.54) is 16.7 Å². The number of halogens is 1. The zero-order valence-corrected chi connectivity index (χ0v) is 19.9. The van der Waals surface area contributed by atoms with E-state index < -0.39 is 0 Å². The Labute approximate surface area is 197 Å². The number of hydrogen-bond acceptors (Lipinski definition) is 4. The molecule has 3 aromatic rings. The lowest BCUT2D eigenvalue weighted by Gasteiger charge is -2.18. The van der Waals surface area contributed by atoms with Crippen molar-refractivity contribution in [2.24, 2.45) is 0 Å². The number of aryl methyl sites for hydroxylation is 4. The maximum Gasteiger partial charge on any atom is 0.283 e. The summed E-state index contributed by atoms with van der Waals surface area (Å²) >= 11 is 7.39. The number of rotatable bonds is 5. The summed E-state index contributed by atoms with van der Waals surface area (Å²) < 4.78 is 0. The summed E-state index contributed by atoms with van der Waals surface area (Å²) in [7, 11) is 0. The van der Waals surface area contributed by atoms with Gasteiger partial charge in [0.05, 0.1) is 5.69 Å². The fourth-order valence-corrected chi connectivity index (χ4v) is 4.64. The first kappa shape index (κ1) is 22.2. The molecule has 1 N–H and O–H groups in total. The molecule has 3 aromatic carbocycles. The molecule has 4 rings (SSSR count). The fraction of sp³-hybridized carbons (Fsp3) is 0.154. The van der Waals surface area contributed by atoms with Crippen LogP contribution in [0, 0.1) is 27.7 Å². The van der Waals surface area contributed by atoms with E-state index in [0.29, 0.717) is 15.6 Å². The lowest BCUT2D eigenvalue weighted by molar-refractivity contribution is -0.120. The van der Waals surface area contributed by atoms with Gasteiger partial charge in [0, 0.05) is 15.6 Å². The average molecular weight is 463 g/mol. The summed E-state index contributed by atoms with van der Waals surface area (Å²) in [5, 5.41) is 3.78. The smallest absolute Gasteiger partial charge is 0.283 e. The van der Waals surface area contributed by atoms with Crippen LogP contribution in [0.15, 0.2) is 76.2 Å². The molecule has 0 unspecified atom stereocenters. The van der Waals surface area contributed by atoms with Gasteiger partial charge in [0.2, 0.25) is 0 Å². The van der Waals surface area contributed by atoms with E-state index in [-0.39, 0.29) is 17.5 Å². The number of anilines is 2. The molecule has 1 aliphatic rings. The van der Waals surface area contributed by atoms with Gasteiger partial charge in [-0.05, 0) is 86.8 Å². The third kappa shape index (κ3) is 4.31. The molecule has 0 aromatic heterocycles. The van der Waals surface area contributed by atoms with E-state index in [2.05, 4.69) is 5.32 Å². The summed E-state index contributed by atoms with van der Waals surface area (Å²) in [4.78, 5) is 29.5. The van der Waals surface area contributed by atoms with E-state index in [1.54, 1.807) is 18.2 Å². The van der Waals surface area contributed by atoms with Crippen molar-refractivity contribution < 1.29 is 9.59 Å². The molecule has 4 nitrogen and oxygen atoms in total. The molecule has 0 bridgehead atoms. The predicted octanol–water partition coefficient (Wildman–Crippen LogP) is 6.56. The molecule has 1 aliphatic heterocycles. The summed E-state index contributed by atoms with van der Waals surface area (Å²) in [6.45, 7) is 7.90. The van der Waals surface area contributed by atoms with Crippen LogP contribution in [0.2, 0.25) is 5.02 Å². The zero-order valence-electron chi connectivity index (χ0n) is 18.3. The predicted molar refractivity (Wildman–Crippen MR) is 132 cm³/mol. The van der Waals surface area contributed by atoms with Gasteiger partial charge in [-0.15, -0.1) is 0 Å². The Morgan fingerprint density at radius 3 is 2.16 bits per heavy atom. The minimum atomic E-state index is -0.381. The minimum Gasteiger partial charge on any atom is -0.350 e. The number of benzene rings is 3. The van der Waals surface area contributed by atoms with Crippen molar-refractivity contribution in [3.63, 3.8) is 0 Å². The third-order valence-electron chi connectivity index (χ3n) is 5.46. The van der Waals surface area contributed by atoms with E-state index in [1.807, 2.05) is 70.2 Å². The molecule has 0 saturated heterocycles. The van der Waals surface area contributed by atoms with Crippen LogP contribution in [0.25, 0.3) is 0 Å². The number of amides is 2. The molecule has 0 spiro atoms. The Morgan fingerprint density at radius 1 is 0.781 bits per heavy atom. The van der Waals surface area contributed by atoms with Gasteiger partial charge in [0.15, 0.2) is 0 Å². The van der Waals surface area contributed by atoms with E-state index in [0.717, 1.165) is 32.8 Å². The van der Waals surface area contributed by atoms with Crippen LogP contribution in [-0.4, -0.2) is 11.8 Å². The number of imide groups is 1. The Bertz CT molecular complexity index is 1270. The van der Waals surface area contributed by atoms with Crippen molar-refractivity contribution in [3.05, 3.63) is 98.5 Å². The number of nitrogens with one attached hydrogen (secondary N) is 1. The Morgan fingerprint density at radius 2 is 1.50 bits per heavy atom. The lowest BCUT2D eigenvalue weighted by Crippen LogP contribution is -2.33.